The van der Waals surface area contributed by atoms with Gasteiger partial charge in [-0.2, -0.15) is 0 Å². The van der Waals surface area contributed by atoms with Crippen molar-refractivity contribution < 1.29 is 9.90 Å². The molecule has 1 atom stereocenters. The van der Waals surface area contributed by atoms with E-state index < -0.39 is 5.97 Å². The molecule has 0 aromatic carbocycles. The van der Waals surface area contributed by atoms with Crippen LogP contribution in [0.4, 0.5) is 0 Å². The number of carboxylic acid groups (broad SMARTS) is 1. The van der Waals surface area contributed by atoms with E-state index in [1.54, 1.807) is 10.6 Å². The molecule has 3 nitrogen and oxygen atoms in total. The zero-order valence-corrected chi connectivity index (χ0v) is 8.38. The minimum Gasteiger partial charge on any atom is -0.481 e. The van der Waals surface area contributed by atoms with Crippen molar-refractivity contribution in [1.82, 2.24) is 4.57 Å². The standard InChI is InChI=1S/C9H12ClNO2/c1-6(3-9(12)13)7-4-8(10)11(2)5-7/h4-6H,3H2,1-2H3,(H,12,13). The van der Waals surface area contributed by atoms with Crippen LogP contribution in [0.5, 0.6) is 0 Å². The fourth-order valence-electron chi connectivity index (χ4n) is 1.21. The first kappa shape index (κ1) is 10.1. The monoisotopic (exact) mass is 201 g/mol. The van der Waals surface area contributed by atoms with Crippen LogP contribution in [-0.4, -0.2) is 15.6 Å². The van der Waals surface area contributed by atoms with E-state index in [9.17, 15) is 4.79 Å². The molecule has 1 N–H and O–H groups in total. The van der Waals surface area contributed by atoms with Crippen LogP contribution in [-0.2, 0) is 11.8 Å². The van der Waals surface area contributed by atoms with Crippen molar-refractivity contribution in [3.63, 3.8) is 0 Å². The Morgan fingerprint density at radius 2 is 2.38 bits per heavy atom. The molecule has 4 heteroatoms. The third kappa shape index (κ3) is 2.49. The number of carboxylic acids is 1. The van der Waals surface area contributed by atoms with Crippen molar-refractivity contribution in [2.45, 2.75) is 19.3 Å². The molecular formula is C9H12ClNO2. The van der Waals surface area contributed by atoms with Gasteiger partial charge in [0.2, 0.25) is 0 Å². The van der Waals surface area contributed by atoms with Gasteiger partial charge in [0, 0.05) is 13.2 Å². The molecule has 1 heterocycles. The van der Waals surface area contributed by atoms with Gasteiger partial charge in [-0.3, -0.25) is 4.79 Å². The van der Waals surface area contributed by atoms with Crippen molar-refractivity contribution in [3.05, 3.63) is 23.0 Å². The molecule has 1 aromatic heterocycles. The maximum Gasteiger partial charge on any atom is 0.303 e. The summed E-state index contributed by atoms with van der Waals surface area (Å²) in [4.78, 5) is 10.4. The molecule has 0 spiro atoms. The molecule has 0 radical (unpaired) electrons. The fraction of sp³-hybridized carbons (Fsp3) is 0.444. The van der Waals surface area contributed by atoms with Crippen LogP contribution in [0.2, 0.25) is 5.15 Å². The maximum absolute atomic E-state index is 10.4. The van der Waals surface area contributed by atoms with E-state index in [1.165, 1.54) is 0 Å². The lowest BCUT2D eigenvalue weighted by Crippen LogP contribution is -2.01. The molecule has 0 aliphatic carbocycles. The molecule has 0 saturated carbocycles. The van der Waals surface area contributed by atoms with E-state index in [2.05, 4.69) is 0 Å². The van der Waals surface area contributed by atoms with Crippen LogP contribution in [0.3, 0.4) is 0 Å². The zero-order chi connectivity index (χ0) is 10.0. The summed E-state index contributed by atoms with van der Waals surface area (Å²) in [5, 5.41) is 9.21. The average Bonchev–Trinajstić information content (AvgIpc) is 2.31. The number of aryl methyl sites for hydroxylation is 1. The minimum absolute atomic E-state index is 0.0104. The van der Waals surface area contributed by atoms with E-state index >= 15 is 0 Å². The fourth-order valence-corrected chi connectivity index (χ4v) is 1.39. The summed E-state index contributed by atoms with van der Waals surface area (Å²) in [6.07, 6.45) is 2.00. The Morgan fingerprint density at radius 3 is 2.77 bits per heavy atom. The predicted octanol–water partition coefficient (Wildman–Crippen LogP) is 2.26. The molecule has 1 aromatic rings. The second kappa shape index (κ2) is 3.83. The molecule has 0 aliphatic rings. The van der Waals surface area contributed by atoms with Gasteiger partial charge in [-0.1, -0.05) is 18.5 Å². The first-order valence-electron chi connectivity index (χ1n) is 4.04. The van der Waals surface area contributed by atoms with Crippen LogP contribution < -0.4 is 0 Å². The largest absolute Gasteiger partial charge is 0.481 e. The first-order valence-corrected chi connectivity index (χ1v) is 4.42. The molecule has 0 aliphatic heterocycles. The van der Waals surface area contributed by atoms with Gasteiger partial charge >= 0.3 is 5.97 Å². The van der Waals surface area contributed by atoms with E-state index in [0.29, 0.717) is 5.15 Å². The number of nitrogens with zero attached hydrogens (tertiary/aromatic N) is 1. The lowest BCUT2D eigenvalue weighted by molar-refractivity contribution is -0.137. The number of aromatic nitrogens is 1. The van der Waals surface area contributed by atoms with Crippen LogP contribution >= 0.6 is 11.6 Å². The number of hydrogen-bond donors (Lipinski definition) is 1. The molecule has 0 saturated heterocycles. The highest BCUT2D eigenvalue weighted by Crippen LogP contribution is 2.23. The van der Waals surface area contributed by atoms with Crippen molar-refractivity contribution >= 4 is 17.6 Å². The maximum atomic E-state index is 10.4. The summed E-state index contributed by atoms with van der Waals surface area (Å²) in [6, 6.07) is 1.80. The Bertz CT molecular complexity index is 300. The Kier molecular flexibility index (Phi) is 2.98. The molecule has 1 unspecified atom stereocenters. The van der Waals surface area contributed by atoms with Crippen LogP contribution in [0.1, 0.15) is 24.8 Å². The number of hydrogen-bond acceptors (Lipinski definition) is 1. The van der Waals surface area contributed by atoms with E-state index in [0.717, 1.165) is 5.56 Å². The third-order valence-corrected chi connectivity index (χ3v) is 2.39. The van der Waals surface area contributed by atoms with Gasteiger partial charge in [0.05, 0.1) is 6.42 Å². The van der Waals surface area contributed by atoms with Crippen molar-refractivity contribution in [2.24, 2.45) is 7.05 Å². The predicted molar refractivity (Wildman–Crippen MR) is 51.1 cm³/mol. The van der Waals surface area contributed by atoms with E-state index in [1.807, 2.05) is 20.2 Å². The summed E-state index contributed by atoms with van der Waals surface area (Å²) in [5.41, 5.74) is 0.968. The quantitative estimate of drug-likeness (QED) is 0.815. The van der Waals surface area contributed by atoms with Gasteiger partial charge in [0.25, 0.3) is 0 Å². The number of rotatable bonds is 3. The summed E-state index contributed by atoms with van der Waals surface area (Å²) in [7, 11) is 1.83. The highest BCUT2D eigenvalue weighted by Gasteiger charge is 2.12. The third-order valence-electron chi connectivity index (χ3n) is 2.02. The molecule has 0 fully saturated rings. The van der Waals surface area contributed by atoms with Crippen LogP contribution in [0, 0.1) is 0 Å². The van der Waals surface area contributed by atoms with Crippen molar-refractivity contribution in [1.29, 1.82) is 0 Å². The Morgan fingerprint density at radius 1 is 1.77 bits per heavy atom. The SMILES string of the molecule is CC(CC(=O)O)c1cc(Cl)n(C)c1. The van der Waals surface area contributed by atoms with E-state index in [-0.39, 0.29) is 12.3 Å². The number of halogens is 1. The van der Waals surface area contributed by atoms with Gasteiger partial charge in [-0.05, 0) is 17.5 Å². The molecule has 13 heavy (non-hydrogen) atoms. The Balaban J connectivity index is 2.77. The second-order valence-corrected chi connectivity index (χ2v) is 3.59. The smallest absolute Gasteiger partial charge is 0.303 e. The topological polar surface area (TPSA) is 42.2 Å². The number of carbonyl (C=O) groups is 1. The second-order valence-electron chi connectivity index (χ2n) is 3.21. The van der Waals surface area contributed by atoms with Crippen molar-refractivity contribution in [2.75, 3.05) is 0 Å². The lowest BCUT2D eigenvalue weighted by atomic mass is 10.0. The van der Waals surface area contributed by atoms with Gasteiger partial charge in [-0.15, -0.1) is 0 Å². The molecule has 0 bridgehead atoms. The summed E-state index contributed by atoms with van der Waals surface area (Å²) >= 11 is 5.83. The number of aliphatic carboxylic acids is 1. The van der Waals surface area contributed by atoms with Crippen LogP contribution in [0.15, 0.2) is 12.3 Å². The van der Waals surface area contributed by atoms with Gasteiger partial charge in [0.15, 0.2) is 0 Å². The van der Waals surface area contributed by atoms with Gasteiger partial charge < -0.3 is 9.67 Å². The minimum atomic E-state index is -0.785. The highest BCUT2D eigenvalue weighted by atomic mass is 35.5. The Hall–Kier alpha value is -0.960. The average molecular weight is 202 g/mol. The summed E-state index contributed by atoms with van der Waals surface area (Å²) in [6.45, 7) is 1.87. The normalized spacial score (nSPS) is 12.8. The highest BCUT2D eigenvalue weighted by molar-refractivity contribution is 6.29. The van der Waals surface area contributed by atoms with Crippen LogP contribution in [0.25, 0.3) is 0 Å². The van der Waals surface area contributed by atoms with Crippen molar-refractivity contribution in [3.8, 4) is 0 Å². The molecular weight excluding hydrogens is 190 g/mol. The summed E-state index contributed by atoms with van der Waals surface area (Å²) in [5.74, 6) is -0.774. The molecule has 1 rings (SSSR count). The molecule has 0 amide bonds. The lowest BCUT2D eigenvalue weighted by Gasteiger charge is -2.04. The summed E-state index contributed by atoms with van der Waals surface area (Å²) < 4.78 is 1.77. The van der Waals surface area contributed by atoms with E-state index in [4.69, 9.17) is 16.7 Å². The first-order chi connectivity index (χ1) is 6.00. The zero-order valence-electron chi connectivity index (χ0n) is 7.62. The van der Waals surface area contributed by atoms with Gasteiger partial charge in [-0.25, -0.2) is 0 Å². The van der Waals surface area contributed by atoms with Gasteiger partial charge in [0.1, 0.15) is 5.15 Å². The Labute approximate surface area is 81.9 Å². The molecule has 72 valence electrons.